The van der Waals surface area contributed by atoms with E-state index in [0.29, 0.717) is 12.2 Å². The molecule has 0 fully saturated rings. The number of ether oxygens (including phenoxy) is 1. The number of halogens is 3. The molecule has 20 heavy (non-hydrogen) atoms. The van der Waals surface area contributed by atoms with Gasteiger partial charge in [0.15, 0.2) is 0 Å². The first-order valence-electron chi connectivity index (χ1n) is 6.29. The topological polar surface area (TPSA) is 9.23 Å². The van der Waals surface area contributed by atoms with Gasteiger partial charge < -0.3 is 4.74 Å². The Kier molecular flexibility index (Phi) is 5.10. The van der Waals surface area contributed by atoms with Crippen LogP contribution in [0.1, 0.15) is 22.1 Å². The van der Waals surface area contributed by atoms with E-state index >= 15 is 0 Å². The van der Waals surface area contributed by atoms with E-state index in [1.807, 2.05) is 12.1 Å². The summed E-state index contributed by atoms with van der Waals surface area (Å²) in [6, 6.07) is 11.1. The highest BCUT2D eigenvalue weighted by Gasteiger charge is 2.19. The van der Waals surface area contributed by atoms with Crippen LogP contribution in [0.3, 0.4) is 0 Å². The van der Waals surface area contributed by atoms with Crippen molar-refractivity contribution in [2.24, 2.45) is 0 Å². The van der Waals surface area contributed by atoms with Crippen LogP contribution in [0.25, 0.3) is 0 Å². The van der Waals surface area contributed by atoms with Crippen LogP contribution in [0.5, 0.6) is 0 Å². The van der Waals surface area contributed by atoms with Crippen LogP contribution in [0, 0.1) is 11.6 Å². The van der Waals surface area contributed by atoms with E-state index in [2.05, 4.69) is 0 Å². The molecule has 2 rings (SSSR count). The predicted molar refractivity (Wildman–Crippen MR) is 76.1 cm³/mol. The Bertz CT molecular complexity index is 549. The number of methoxy groups -OCH3 is 1. The quantitative estimate of drug-likeness (QED) is 0.739. The third-order valence-corrected chi connectivity index (χ3v) is 3.59. The normalized spacial score (nSPS) is 12.4. The highest BCUT2D eigenvalue weighted by molar-refractivity contribution is 6.22. The first-order valence-corrected chi connectivity index (χ1v) is 6.73. The molecule has 0 heterocycles. The van der Waals surface area contributed by atoms with E-state index in [-0.39, 0.29) is 5.56 Å². The van der Waals surface area contributed by atoms with Gasteiger partial charge in [-0.3, -0.25) is 0 Å². The van der Waals surface area contributed by atoms with Gasteiger partial charge in [0.25, 0.3) is 0 Å². The lowest BCUT2D eigenvalue weighted by molar-refractivity contribution is 0.202. The summed E-state index contributed by atoms with van der Waals surface area (Å²) in [6.07, 6.45) is 0.789. The molecule has 0 aromatic heterocycles. The average molecular weight is 297 g/mol. The minimum absolute atomic E-state index is 0.112. The second kappa shape index (κ2) is 6.82. The highest BCUT2D eigenvalue weighted by atomic mass is 35.5. The first-order chi connectivity index (χ1) is 9.63. The summed E-state index contributed by atoms with van der Waals surface area (Å²) in [5.74, 6) is -1.26. The SMILES string of the molecule is COCCc1ccc(C(Cl)c2c(F)cccc2F)cc1. The Labute approximate surface area is 122 Å². The van der Waals surface area contributed by atoms with Gasteiger partial charge in [0.2, 0.25) is 0 Å². The van der Waals surface area contributed by atoms with E-state index in [1.165, 1.54) is 18.2 Å². The lowest BCUT2D eigenvalue weighted by Crippen LogP contribution is -2.01. The number of rotatable bonds is 5. The van der Waals surface area contributed by atoms with Gasteiger partial charge in [0.1, 0.15) is 11.6 Å². The minimum atomic E-state index is -0.840. The van der Waals surface area contributed by atoms with Crippen molar-refractivity contribution in [1.29, 1.82) is 0 Å². The molecule has 106 valence electrons. The van der Waals surface area contributed by atoms with Gasteiger partial charge in [-0.25, -0.2) is 8.78 Å². The Hall–Kier alpha value is -1.45. The number of hydrogen-bond donors (Lipinski definition) is 0. The maximum atomic E-state index is 13.7. The summed E-state index contributed by atoms with van der Waals surface area (Å²) < 4.78 is 32.4. The van der Waals surface area contributed by atoms with Crippen LogP contribution < -0.4 is 0 Å². The fourth-order valence-corrected chi connectivity index (χ4v) is 2.35. The van der Waals surface area contributed by atoms with Crippen molar-refractivity contribution in [3.63, 3.8) is 0 Å². The molecular formula is C16H15ClF2O. The summed E-state index contributed by atoms with van der Waals surface area (Å²) in [5, 5.41) is -0.840. The Morgan fingerprint density at radius 3 is 2.20 bits per heavy atom. The standard InChI is InChI=1S/C16H15ClF2O/c1-20-10-9-11-5-7-12(8-6-11)16(17)15-13(18)3-2-4-14(15)19/h2-8,16H,9-10H2,1H3. The third-order valence-electron chi connectivity index (χ3n) is 3.12. The van der Waals surface area contributed by atoms with Gasteiger partial charge in [-0.05, 0) is 29.7 Å². The maximum Gasteiger partial charge on any atom is 0.131 e. The van der Waals surface area contributed by atoms with Gasteiger partial charge >= 0.3 is 0 Å². The molecule has 0 saturated heterocycles. The fourth-order valence-electron chi connectivity index (χ4n) is 1.99. The molecule has 0 aliphatic carbocycles. The number of hydrogen-bond acceptors (Lipinski definition) is 1. The molecule has 0 bridgehead atoms. The summed E-state index contributed by atoms with van der Waals surface area (Å²) >= 11 is 6.19. The van der Waals surface area contributed by atoms with Crippen LogP contribution in [0.15, 0.2) is 42.5 Å². The monoisotopic (exact) mass is 296 g/mol. The summed E-state index contributed by atoms with van der Waals surface area (Å²) in [5.41, 5.74) is 1.64. The molecule has 0 aliphatic rings. The van der Waals surface area contributed by atoms with Crippen molar-refractivity contribution >= 4 is 11.6 Å². The molecule has 0 saturated carbocycles. The average Bonchev–Trinajstić information content (AvgIpc) is 2.45. The van der Waals surface area contributed by atoms with Crippen molar-refractivity contribution in [3.05, 3.63) is 70.8 Å². The van der Waals surface area contributed by atoms with Crippen LogP contribution >= 0.6 is 11.6 Å². The van der Waals surface area contributed by atoms with Crippen LogP contribution in [0.4, 0.5) is 8.78 Å². The van der Waals surface area contributed by atoms with E-state index in [9.17, 15) is 8.78 Å². The first kappa shape index (κ1) is 14.9. The van der Waals surface area contributed by atoms with Gasteiger partial charge in [-0.15, -0.1) is 11.6 Å². The molecule has 2 aromatic carbocycles. The van der Waals surface area contributed by atoms with E-state index in [0.717, 1.165) is 12.0 Å². The molecule has 4 heteroatoms. The molecule has 0 radical (unpaired) electrons. The van der Waals surface area contributed by atoms with E-state index in [4.69, 9.17) is 16.3 Å². The third kappa shape index (κ3) is 3.35. The molecule has 1 atom stereocenters. The predicted octanol–water partition coefficient (Wildman–Crippen LogP) is 4.48. The van der Waals surface area contributed by atoms with E-state index in [1.54, 1.807) is 19.2 Å². The van der Waals surface area contributed by atoms with E-state index < -0.39 is 17.0 Å². The van der Waals surface area contributed by atoms with Crippen molar-refractivity contribution in [2.45, 2.75) is 11.8 Å². The molecule has 0 N–H and O–H groups in total. The molecule has 1 unspecified atom stereocenters. The smallest absolute Gasteiger partial charge is 0.131 e. The van der Waals surface area contributed by atoms with Gasteiger partial charge in [-0.2, -0.15) is 0 Å². The largest absolute Gasteiger partial charge is 0.384 e. The zero-order chi connectivity index (χ0) is 14.5. The lowest BCUT2D eigenvalue weighted by atomic mass is 10.0. The van der Waals surface area contributed by atoms with Crippen LogP contribution in [-0.2, 0) is 11.2 Å². The highest BCUT2D eigenvalue weighted by Crippen LogP contribution is 2.32. The van der Waals surface area contributed by atoms with Crippen molar-refractivity contribution < 1.29 is 13.5 Å². The summed E-state index contributed by atoms with van der Waals surface area (Å²) in [4.78, 5) is 0. The summed E-state index contributed by atoms with van der Waals surface area (Å²) in [7, 11) is 1.64. The Morgan fingerprint density at radius 1 is 1.05 bits per heavy atom. The number of alkyl halides is 1. The Morgan fingerprint density at radius 2 is 1.65 bits per heavy atom. The van der Waals surface area contributed by atoms with Crippen LogP contribution in [0.2, 0.25) is 0 Å². The maximum absolute atomic E-state index is 13.7. The minimum Gasteiger partial charge on any atom is -0.384 e. The van der Waals surface area contributed by atoms with Crippen molar-refractivity contribution in [1.82, 2.24) is 0 Å². The second-order valence-corrected chi connectivity index (χ2v) is 4.92. The van der Waals surface area contributed by atoms with Gasteiger partial charge in [0.05, 0.1) is 12.0 Å². The summed E-state index contributed by atoms with van der Waals surface area (Å²) in [6.45, 7) is 0.631. The van der Waals surface area contributed by atoms with Crippen LogP contribution in [-0.4, -0.2) is 13.7 Å². The molecule has 0 spiro atoms. The Balaban J connectivity index is 2.23. The van der Waals surface area contributed by atoms with Crippen molar-refractivity contribution in [2.75, 3.05) is 13.7 Å². The number of benzene rings is 2. The molecule has 2 aromatic rings. The zero-order valence-corrected chi connectivity index (χ0v) is 11.8. The van der Waals surface area contributed by atoms with Crippen molar-refractivity contribution in [3.8, 4) is 0 Å². The molecule has 1 nitrogen and oxygen atoms in total. The van der Waals surface area contributed by atoms with Gasteiger partial charge in [-0.1, -0.05) is 30.3 Å². The lowest BCUT2D eigenvalue weighted by Gasteiger charge is -2.13. The zero-order valence-electron chi connectivity index (χ0n) is 11.1. The fraction of sp³-hybridized carbons (Fsp3) is 0.250. The molecular weight excluding hydrogens is 282 g/mol. The molecule has 0 amide bonds. The molecule has 0 aliphatic heterocycles. The second-order valence-electron chi connectivity index (χ2n) is 4.48. The van der Waals surface area contributed by atoms with Gasteiger partial charge in [0, 0.05) is 12.7 Å².